The van der Waals surface area contributed by atoms with E-state index in [4.69, 9.17) is 0 Å². The van der Waals surface area contributed by atoms with Crippen molar-refractivity contribution in [3.63, 3.8) is 0 Å². The predicted molar refractivity (Wildman–Crippen MR) is 90.8 cm³/mol. The van der Waals surface area contributed by atoms with Crippen LogP contribution in [-0.2, 0) is 11.3 Å². The molecular formula is C12H16N9O2S2-. The molecule has 0 fully saturated rings. The summed E-state index contributed by atoms with van der Waals surface area (Å²) < 4.78 is 29.0. The molecule has 0 spiro atoms. The lowest BCUT2D eigenvalue weighted by molar-refractivity contribution is 0.517. The van der Waals surface area contributed by atoms with Gasteiger partial charge in [-0.25, -0.2) is 14.7 Å². The molecule has 3 aromatic heterocycles. The minimum absolute atomic E-state index is 0.164. The third-order valence-electron chi connectivity index (χ3n) is 3.43. The highest BCUT2D eigenvalue weighted by Crippen LogP contribution is 2.32. The lowest BCUT2D eigenvalue weighted by Gasteiger charge is -2.10. The van der Waals surface area contributed by atoms with Gasteiger partial charge in [0.25, 0.3) is 0 Å². The molecule has 0 aliphatic carbocycles. The van der Waals surface area contributed by atoms with Gasteiger partial charge in [-0.2, -0.15) is 9.00 Å². The molecule has 3 heterocycles. The second kappa shape index (κ2) is 7.43. The number of hydrogen-bond donors (Lipinski definition) is 2. The van der Waals surface area contributed by atoms with E-state index in [1.165, 1.54) is 11.0 Å². The van der Waals surface area contributed by atoms with E-state index in [-0.39, 0.29) is 18.4 Å². The van der Waals surface area contributed by atoms with Gasteiger partial charge in [-0.15, -0.1) is 15.3 Å². The van der Waals surface area contributed by atoms with Gasteiger partial charge in [0.2, 0.25) is 10.8 Å². The topological polar surface area (TPSA) is 149 Å². The minimum atomic E-state index is -2.32. The highest BCUT2D eigenvalue weighted by molar-refractivity contribution is 7.77. The van der Waals surface area contributed by atoms with Crippen LogP contribution in [0.2, 0.25) is 0 Å². The van der Waals surface area contributed by atoms with E-state index in [0.29, 0.717) is 22.3 Å². The summed E-state index contributed by atoms with van der Waals surface area (Å²) in [5.41, 5.74) is 1.96. The molecule has 2 unspecified atom stereocenters. The zero-order valence-corrected chi connectivity index (χ0v) is 15.3. The smallest absolute Gasteiger partial charge is 0.249 e. The monoisotopic (exact) mass is 382 g/mol. The first-order valence-electron chi connectivity index (χ1n) is 7.45. The molecule has 25 heavy (non-hydrogen) atoms. The Morgan fingerprint density at radius 2 is 2.24 bits per heavy atom. The van der Waals surface area contributed by atoms with E-state index in [1.54, 1.807) is 0 Å². The number of H-pyrrole nitrogens is 1. The summed E-state index contributed by atoms with van der Waals surface area (Å²) in [7, 11) is 0. The second-order valence-electron chi connectivity index (χ2n) is 5.64. The van der Waals surface area contributed by atoms with Gasteiger partial charge in [0.15, 0.2) is 11.5 Å². The maximum atomic E-state index is 10.6. The first-order chi connectivity index (χ1) is 12.0. The Morgan fingerprint density at radius 3 is 2.88 bits per heavy atom. The Labute approximate surface area is 149 Å². The Kier molecular flexibility index (Phi) is 5.27. The standard InChI is InChI=1S/C12H17N9O2S2/c1-6(2)8-9(17-18-12-13-5-14-24-12)11-16-10(20-21(11)19-8)7(3)4-15-25(22)23/h5-7,15,19H,4H2,1-3H3,(H,22,23)/p-1. The van der Waals surface area contributed by atoms with Crippen molar-refractivity contribution in [2.24, 2.45) is 10.2 Å². The molecule has 134 valence electrons. The van der Waals surface area contributed by atoms with Gasteiger partial charge < -0.3 is 4.55 Å². The average Bonchev–Trinajstić information content (AvgIpc) is 3.26. The number of aromatic nitrogens is 6. The average molecular weight is 382 g/mol. The summed E-state index contributed by atoms with van der Waals surface area (Å²) >= 11 is -1.18. The van der Waals surface area contributed by atoms with Crippen molar-refractivity contribution in [2.45, 2.75) is 32.6 Å². The zero-order chi connectivity index (χ0) is 18.0. The van der Waals surface area contributed by atoms with Crippen LogP contribution in [0.5, 0.6) is 0 Å². The lowest BCUT2D eigenvalue weighted by Crippen LogP contribution is -2.22. The second-order valence-corrected chi connectivity index (χ2v) is 7.16. The fourth-order valence-electron chi connectivity index (χ4n) is 2.15. The van der Waals surface area contributed by atoms with Crippen LogP contribution in [0.25, 0.3) is 5.65 Å². The van der Waals surface area contributed by atoms with Gasteiger partial charge in [-0.05, 0) is 5.92 Å². The summed E-state index contributed by atoms with van der Waals surface area (Å²) in [5.74, 6) is 0.478. The molecular weight excluding hydrogens is 366 g/mol. The number of azo groups is 1. The molecule has 0 saturated heterocycles. The van der Waals surface area contributed by atoms with E-state index in [0.717, 1.165) is 17.2 Å². The Morgan fingerprint density at radius 1 is 1.44 bits per heavy atom. The van der Waals surface area contributed by atoms with Crippen LogP contribution >= 0.6 is 11.5 Å². The molecule has 0 aliphatic rings. The molecule has 0 amide bonds. The van der Waals surface area contributed by atoms with E-state index in [2.05, 4.69) is 39.5 Å². The summed E-state index contributed by atoms with van der Waals surface area (Å²) in [4.78, 5) is 8.46. The van der Waals surface area contributed by atoms with Crippen LogP contribution in [0.4, 0.5) is 10.8 Å². The zero-order valence-electron chi connectivity index (χ0n) is 13.7. The van der Waals surface area contributed by atoms with E-state index in [9.17, 15) is 8.76 Å². The lowest BCUT2D eigenvalue weighted by atomic mass is 10.1. The number of nitrogens with zero attached hydrogens (tertiary/aromatic N) is 7. The molecule has 11 nitrogen and oxygen atoms in total. The number of hydrogen-bond acceptors (Lipinski definition) is 9. The molecule has 0 saturated carbocycles. The van der Waals surface area contributed by atoms with E-state index < -0.39 is 11.3 Å². The highest BCUT2D eigenvalue weighted by Gasteiger charge is 2.20. The molecule has 3 aromatic rings. The van der Waals surface area contributed by atoms with Gasteiger partial charge in [-0.1, -0.05) is 20.8 Å². The van der Waals surface area contributed by atoms with Crippen LogP contribution in [0, 0.1) is 0 Å². The summed E-state index contributed by atoms with van der Waals surface area (Å²) in [6.07, 6.45) is 1.42. The Balaban J connectivity index is 1.95. The fraction of sp³-hybridized carbons (Fsp3) is 0.500. The van der Waals surface area contributed by atoms with Crippen LogP contribution in [0.3, 0.4) is 0 Å². The van der Waals surface area contributed by atoms with Gasteiger partial charge in [-0.3, -0.25) is 9.31 Å². The SMILES string of the molecule is CC(C)c1[nH]n2nc(C(C)CNS(=O)[O-])nc2c1N=Nc1ncns1. The van der Waals surface area contributed by atoms with Crippen molar-refractivity contribution < 1.29 is 8.76 Å². The van der Waals surface area contributed by atoms with Gasteiger partial charge in [0, 0.05) is 35.3 Å². The highest BCUT2D eigenvalue weighted by atomic mass is 32.2. The summed E-state index contributed by atoms with van der Waals surface area (Å²) in [6.45, 7) is 6.08. The quantitative estimate of drug-likeness (QED) is 0.471. The summed E-state index contributed by atoms with van der Waals surface area (Å²) in [6, 6.07) is 0. The Bertz CT molecular complexity index is 899. The Hall–Kier alpha value is -2.09. The van der Waals surface area contributed by atoms with E-state index in [1.807, 2.05) is 20.8 Å². The van der Waals surface area contributed by atoms with Crippen molar-refractivity contribution >= 4 is 39.3 Å². The van der Waals surface area contributed by atoms with Crippen molar-refractivity contribution in [3.05, 3.63) is 17.8 Å². The number of nitrogens with one attached hydrogen (secondary N) is 2. The molecule has 0 radical (unpaired) electrons. The van der Waals surface area contributed by atoms with Gasteiger partial charge >= 0.3 is 0 Å². The first kappa shape index (κ1) is 17.7. The molecule has 3 rings (SSSR count). The van der Waals surface area contributed by atoms with Crippen LogP contribution in [0.1, 0.15) is 44.1 Å². The number of rotatable bonds is 7. The van der Waals surface area contributed by atoms with Crippen molar-refractivity contribution in [1.29, 1.82) is 0 Å². The predicted octanol–water partition coefficient (Wildman–Crippen LogP) is 1.93. The van der Waals surface area contributed by atoms with Crippen molar-refractivity contribution in [3.8, 4) is 0 Å². The van der Waals surface area contributed by atoms with Crippen molar-refractivity contribution in [2.75, 3.05) is 6.54 Å². The number of fused-ring (bicyclic) bond motifs is 1. The number of aromatic amines is 1. The third-order valence-corrected chi connectivity index (χ3v) is 4.38. The molecule has 0 bridgehead atoms. The summed E-state index contributed by atoms with van der Waals surface area (Å²) in [5, 5.41) is 16.3. The van der Waals surface area contributed by atoms with E-state index >= 15 is 0 Å². The van der Waals surface area contributed by atoms with Crippen LogP contribution in [0.15, 0.2) is 16.6 Å². The maximum absolute atomic E-state index is 10.6. The minimum Gasteiger partial charge on any atom is -0.760 e. The molecule has 13 heteroatoms. The normalized spacial score (nSPS) is 14.8. The molecule has 2 atom stereocenters. The largest absolute Gasteiger partial charge is 0.760 e. The first-order valence-corrected chi connectivity index (χ1v) is 9.30. The van der Waals surface area contributed by atoms with Crippen molar-refractivity contribution in [1.82, 2.24) is 33.9 Å². The van der Waals surface area contributed by atoms with Crippen LogP contribution < -0.4 is 4.72 Å². The van der Waals surface area contributed by atoms with Crippen LogP contribution in [-0.4, -0.2) is 44.5 Å². The third kappa shape index (κ3) is 3.95. The maximum Gasteiger partial charge on any atom is 0.249 e. The fourth-order valence-corrected chi connectivity index (χ4v) is 2.89. The molecule has 0 aromatic carbocycles. The van der Waals surface area contributed by atoms with Gasteiger partial charge in [0.05, 0.1) is 5.69 Å². The molecule has 0 aliphatic heterocycles. The molecule has 2 N–H and O–H groups in total. The van der Waals surface area contributed by atoms with Gasteiger partial charge in [0.1, 0.15) is 6.33 Å².